The molecule has 0 saturated carbocycles. The van der Waals surface area contributed by atoms with E-state index in [2.05, 4.69) is 30.1 Å². The van der Waals surface area contributed by atoms with Crippen LogP contribution < -0.4 is 5.32 Å². The van der Waals surface area contributed by atoms with Gasteiger partial charge in [-0.25, -0.2) is 0 Å². The number of ether oxygens (including phenoxy) is 1. The minimum atomic E-state index is 0.435. The molecule has 15 heavy (non-hydrogen) atoms. The van der Waals surface area contributed by atoms with Gasteiger partial charge in [0, 0.05) is 25.7 Å². The van der Waals surface area contributed by atoms with E-state index in [1.807, 2.05) is 0 Å². The van der Waals surface area contributed by atoms with Crippen molar-refractivity contribution < 1.29 is 4.74 Å². The molecule has 86 valence electrons. The molecule has 1 heterocycles. The molecule has 3 heteroatoms. The van der Waals surface area contributed by atoms with Crippen LogP contribution >= 0.6 is 0 Å². The van der Waals surface area contributed by atoms with Gasteiger partial charge in [0.05, 0.1) is 12.6 Å². The molecular weight excluding hydrogens is 188 g/mol. The third-order valence-electron chi connectivity index (χ3n) is 2.93. The Bertz CT molecular complexity index is 206. The van der Waals surface area contributed by atoms with Gasteiger partial charge in [0.15, 0.2) is 0 Å². The van der Waals surface area contributed by atoms with Crippen LogP contribution in [0.25, 0.3) is 0 Å². The Hall–Kier alpha value is -0.560. The molecule has 2 unspecified atom stereocenters. The molecule has 2 atom stereocenters. The van der Waals surface area contributed by atoms with Gasteiger partial charge in [-0.05, 0) is 26.8 Å². The Morgan fingerprint density at radius 3 is 3.07 bits per heavy atom. The SMILES string of the molecule is C#CCNCC(C)N(C)CC1CCCO1. The summed E-state index contributed by atoms with van der Waals surface area (Å²) in [5.74, 6) is 2.58. The highest BCUT2D eigenvalue weighted by Crippen LogP contribution is 2.13. The Labute approximate surface area is 93.2 Å². The number of likely N-dealkylation sites (N-methyl/N-ethyl adjacent to an activating group) is 1. The molecule has 0 aliphatic carbocycles. The van der Waals surface area contributed by atoms with Crippen LogP contribution in [-0.2, 0) is 4.74 Å². The molecule has 0 spiro atoms. The second-order valence-corrected chi connectivity index (χ2v) is 4.26. The molecule has 0 aromatic heterocycles. The smallest absolute Gasteiger partial charge is 0.0702 e. The van der Waals surface area contributed by atoms with Crippen LogP contribution in [-0.4, -0.2) is 50.3 Å². The van der Waals surface area contributed by atoms with E-state index < -0.39 is 0 Å². The summed E-state index contributed by atoms with van der Waals surface area (Å²) in [6.45, 7) is 5.76. The standard InChI is InChI=1S/C12H22N2O/c1-4-7-13-9-11(2)14(3)10-12-6-5-8-15-12/h1,11-13H,5-10H2,2-3H3. The van der Waals surface area contributed by atoms with E-state index in [4.69, 9.17) is 11.2 Å². The van der Waals surface area contributed by atoms with Gasteiger partial charge in [0.25, 0.3) is 0 Å². The summed E-state index contributed by atoms with van der Waals surface area (Å²) in [5.41, 5.74) is 0. The number of rotatable bonds is 6. The summed E-state index contributed by atoms with van der Waals surface area (Å²) in [6.07, 6.45) is 8.03. The van der Waals surface area contributed by atoms with E-state index in [-0.39, 0.29) is 0 Å². The summed E-state index contributed by atoms with van der Waals surface area (Å²) in [5, 5.41) is 3.22. The summed E-state index contributed by atoms with van der Waals surface area (Å²) in [4.78, 5) is 2.33. The predicted molar refractivity (Wildman–Crippen MR) is 62.8 cm³/mol. The largest absolute Gasteiger partial charge is 0.377 e. The first-order chi connectivity index (χ1) is 7.24. The van der Waals surface area contributed by atoms with Crippen molar-refractivity contribution in [3.8, 4) is 12.3 Å². The number of hydrogen-bond donors (Lipinski definition) is 1. The van der Waals surface area contributed by atoms with E-state index >= 15 is 0 Å². The highest BCUT2D eigenvalue weighted by atomic mass is 16.5. The van der Waals surface area contributed by atoms with Crippen LogP contribution in [0.5, 0.6) is 0 Å². The molecular formula is C12H22N2O. The molecule has 1 fully saturated rings. The molecule has 3 nitrogen and oxygen atoms in total. The Morgan fingerprint density at radius 1 is 1.67 bits per heavy atom. The van der Waals surface area contributed by atoms with Gasteiger partial charge in [0.2, 0.25) is 0 Å². The third kappa shape index (κ3) is 4.65. The van der Waals surface area contributed by atoms with Crippen molar-refractivity contribution in [2.45, 2.75) is 31.9 Å². The molecule has 1 saturated heterocycles. The predicted octanol–water partition coefficient (Wildman–Crippen LogP) is 0.708. The normalized spacial score (nSPS) is 22.9. The van der Waals surface area contributed by atoms with Crippen molar-refractivity contribution in [3.63, 3.8) is 0 Å². The minimum Gasteiger partial charge on any atom is -0.377 e. The Balaban J connectivity index is 2.14. The van der Waals surface area contributed by atoms with Crippen molar-refractivity contribution in [3.05, 3.63) is 0 Å². The van der Waals surface area contributed by atoms with Crippen LogP contribution in [0.4, 0.5) is 0 Å². The van der Waals surface area contributed by atoms with Gasteiger partial charge in [-0.1, -0.05) is 5.92 Å². The van der Waals surface area contributed by atoms with E-state index in [0.717, 1.165) is 19.7 Å². The quantitative estimate of drug-likeness (QED) is 0.516. The van der Waals surface area contributed by atoms with E-state index in [1.54, 1.807) is 0 Å². The highest BCUT2D eigenvalue weighted by Gasteiger charge is 2.19. The molecule has 1 N–H and O–H groups in total. The summed E-state index contributed by atoms with van der Waals surface area (Å²) in [7, 11) is 2.14. The zero-order valence-electron chi connectivity index (χ0n) is 9.83. The fraction of sp³-hybridized carbons (Fsp3) is 0.833. The van der Waals surface area contributed by atoms with E-state index in [0.29, 0.717) is 18.7 Å². The highest BCUT2D eigenvalue weighted by molar-refractivity contribution is 4.87. The number of hydrogen-bond acceptors (Lipinski definition) is 3. The Morgan fingerprint density at radius 2 is 2.47 bits per heavy atom. The van der Waals surface area contributed by atoms with Crippen molar-refractivity contribution in [1.29, 1.82) is 0 Å². The molecule has 1 aliphatic rings. The van der Waals surface area contributed by atoms with Gasteiger partial charge < -0.3 is 10.1 Å². The number of nitrogens with one attached hydrogen (secondary N) is 1. The monoisotopic (exact) mass is 210 g/mol. The molecule has 0 bridgehead atoms. The average Bonchev–Trinajstić information content (AvgIpc) is 2.70. The van der Waals surface area contributed by atoms with E-state index in [9.17, 15) is 0 Å². The lowest BCUT2D eigenvalue weighted by Crippen LogP contribution is -2.41. The third-order valence-corrected chi connectivity index (χ3v) is 2.93. The lowest BCUT2D eigenvalue weighted by atomic mass is 10.2. The van der Waals surface area contributed by atoms with Gasteiger partial charge >= 0.3 is 0 Å². The summed E-state index contributed by atoms with van der Waals surface area (Å²) < 4.78 is 5.60. The zero-order chi connectivity index (χ0) is 11.1. The lowest BCUT2D eigenvalue weighted by Gasteiger charge is -2.27. The fourth-order valence-electron chi connectivity index (χ4n) is 1.80. The number of terminal acetylenes is 1. The minimum absolute atomic E-state index is 0.435. The van der Waals surface area contributed by atoms with Crippen LogP contribution in [0.15, 0.2) is 0 Å². The second kappa shape index (κ2) is 6.84. The maximum absolute atomic E-state index is 5.60. The molecule has 1 rings (SSSR count). The molecule has 0 amide bonds. The van der Waals surface area contributed by atoms with Crippen LogP contribution in [0.1, 0.15) is 19.8 Å². The number of nitrogens with zero attached hydrogens (tertiary/aromatic N) is 1. The van der Waals surface area contributed by atoms with E-state index in [1.165, 1.54) is 12.8 Å². The first kappa shape index (κ1) is 12.5. The zero-order valence-corrected chi connectivity index (χ0v) is 9.83. The Kier molecular flexibility index (Phi) is 5.70. The molecule has 1 aliphatic heterocycles. The van der Waals surface area contributed by atoms with Crippen molar-refractivity contribution in [2.24, 2.45) is 0 Å². The van der Waals surface area contributed by atoms with Crippen molar-refractivity contribution in [2.75, 3.05) is 33.3 Å². The maximum Gasteiger partial charge on any atom is 0.0702 e. The second-order valence-electron chi connectivity index (χ2n) is 4.26. The van der Waals surface area contributed by atoms with Crippen molar-refractivity contribution >= 4 is 0 Å². The summed E-state index contributed by atoms with van der Waals surface area (Å²) >= 11 is 0. The van der Waals surface area contributed by atoms with Gasteiger partial charge in [-0.15, -0.1) is 6.42 Å². The van der Waals surface area contributed by atoms with Crippen molar-refractivity contribution in [1.82, 2.24) is 10.2 Å². The molecule has 0 radical (unpaired) electrons. The maximum atomic E-state index is 5.60. The first-order valence-electron chi connectivity index (χ1n) is 5.70. The van der Waals surface area contributed by atoms with Gasteiger partial charge in [-0.2, -0.15) is 0 Å². The molecule has 0 aromatic carbocycles. The molecule has 0 aromatic rings. The lowest BCUT2D eigenvalue weighted by molar-refractivity contribution is 0.0705. The van der Waals surface area contributed by atoms with Crippen LogP contribution in [0.2, 0.25) is 0 Å². The van der Waals surface area contributed by atoms with Gasteiger partial charge in [-0.3, -0.25) is 4.90 Å². The average molecular weight is 210 g/mol. The van der Waals surface area contributed by atoms with Crippen LogP contribution in [0.3, 0.4) is 0 Å². The first-order valence-corrected chi connectivity index (χ1v) is 5.70. The summed E-state index contributed by atoms with van der Waals surface area (Å²) in [6, 6.07) is 0.502. The topological polar surface area (TPSA) is 24.5 Å². The van der Waals surface area contributed by atoms with Gasteiger partial charge in [0.1, 0.15) is 0 Å². The van der Waals surface area contributed by atoms with Crippen LogP contribution in [0, 0.1) is 12.3 Å². The fourth-order valence-corrected chi connectivity index (χ4v) is 1.80.